The first kappa shape index (κ1) is 12.3. The maximum absolute atomic E-state index is 12.2. The van der Waals surface area contributed by atoms with Crippen molar-refractivity contribution in [1.82, 2.24) is 0 Å². The van der Waals surface area contributed by atoms with Crippen LogP contribution in [-0.4, -0.2) is 13.0 Å². The Balaban J connectivity index is 3.04. The molecule has 0 heterocycles. The molecule has 0 saturated heterocycles. The maximum Gasteiger partial charge on any atom is 0.416 e. The molecule has 3 nitrogen and oxygen atoms in total. The van der Waals surface area contributed by atoms with E-state index in [1.807, 2.05) is 0 Å². The summed E-state index contributed by atoms with van der Waals surface area (Å²) in [6, 6.07) is 3.69. The molecule has 0 aliphatic heterocycles. The molecule has 0 aromatic heterocycles. The standard InChI is InChI=1S/C7H5F3O3S2/c8-7(9,10)5-2-1-3-6(4-5)14-15(11,12)13/h1-4H,(H,11,12,13). The largest absolute Gasteiger partial charge is 0.416 e. The van der Waals surface area contributed by atoms with Gasteiger partial charge in [0.05, 0.1) is 5.56 Å². The van der Waals surface area contributed by atoms with Gasteiger partial charge >= 0.3 is 15.3 Å². The molecule has 0 spiro atoms. The third-order valence-electron chi connectivity index (χ3n) is 1.36. The third-order valence-corrected chi connectivity index (χ3v) is 3.23. The van der Waals surface area contributed by atoms with E-state index in [-0.39, 0.29) is 15.7 Å². The molecule has 0 aliphatic rings. The fourth-order valence-corrected chi connectivity index (χ4v) is 2.44. The van der Waals surface area contributed by atoms with Gasteiger partial charge in [0.15, 0.2) is 0 Å². The lowest BCUT2D eigenvalue weighted by Crippen LogP contribution is -2.04. The zero-order valence-electron chi connectivity index (χ0n) is 7.02. The summed E-state index contributed by atoms with van der Waals surface area (Å²) < 4.78 is 65.8. The monoisotopic (exact) mass is 258 g/mol. The zero-order chi connectivity index (χ0) is 11.7. The van der Waals surface area contributed by atoms with Crippen molar-refractivity contribution in [2.24, 2.45) is 0 Å². The van der Waals surface area contributed by atoms with Crippen molar-refractivity contribution in [3.05, 3.63) is 29.8 Å². The van der Waals surface area contributed by atoms with Crippen molar-refractivity contribution in [3.8, 4) is 0 Å². The first-order chi connectivity index (χ1) is 6.68. The molecule has 0 amide bonds. The Bertz CT molecular complexity index is 453. The van der Waals surface area contributed by atoms with Crippen LogP contribution >= 0.6 is 10.8 Å². The SMILES string of the molecule is O=S(=O)(O)Sc1cccc(C(F)(F)F)c1. The quantitative estimate of drug-likeness (QED) is 0.654. The summed E-state index contributed by atoms with van der Waals surface area (Å²) in [4.78, 5) is -0.188. The first-order valence-electron chi connectivity index (χ1n) is 3.53. The summed E-state index contributed by atoms with van der Waals surface area (Å²) in [7, 11) is -4.43. The van der Waals surface area contributed by atoms with E-state index >= 15 is 0 Å². The number of alkyl halides is 3. The normalized spacial score (nSPS) is 12.8. The molecule has 0 aliphatic carbocycles. The average molecular weight is 258 g/mol. The molecule has 0 fully saturated rings. The molecular weight excluding hydrogens is 253 g/mol. The first-order valence-corrected chi connectivity index (χ1v) is 6.30. The second-order valence-corrected chi connectivity index (χ2v) is 5.79. The molecule has 15 heavy (non-hydrogen) atoms. The molecule has 0 saturated carbocycles. The van der Waals surface area contributed by atoms with Crippen LogP contribution in [0.3, 0.4) is 0 Å². The van der Waals surface area contributed by atoms with Crippen LogP contribution in [-0.2, 0) is 15.3 Å². The minimum atomic E-state index is -4.53. The van der Waals surface area contributed by atoms with Crippen molar-refractivity contribution in [2.75, 3.05) is 0 Å². The number of hydrogen-bond acceptors (Lipinski definition) is 3. The molecule has 0 atom stereocenters. The van der Waals surface area contributed by atoms with Gasteiger partial charge in [-0.15, -0.1) is 0 Å². The smallest absolute Gasteiger partial charge is 0.277 e. The fraction of sp³-hybridized carbons (Fsp3) is 0.143. The summed E-state index contributed by atoms with van der Waals surface area (Å²) >= 11 is 0. The topological polar surface area (TPSA) is 54.4 Å². The highest BCUT2D eigenvalue weighted by Gasteiger charge is 2.30. The third kappa shape index (κ3) is 4.10. The van der Waals surface area contributed by atoms with Gasteiger partial charge in [0, 0.05) is 15.7 Å². The van der Waals surface area contributed by atoms with Crippen LogP contribution in [0.15, 0.2) is 29.2 Å². The van der Waals surface area contributed by atoms with Crippen LogP contribution in [0.4, 0.5) is 13.2 Å². The van der Waals surface area contributed by atoms with Gasteiger partial charge in [0.1, 0.15) is 0 Å². The lowest BCUT2D eigenvalue weighted by molar-refractivity contribution is -0.137. The summed E-state index contributed by atoms with van der Waals surface area (Å²) in [6.45, 7) is 0. The van der Waals surface area contributed by atoms with Crippen molar-refractivity contribution in [1.29, 1.82) is 0 Å². The summed E-state index contributed by atoms with van der Waals surface area (Å²) in [5, 5.41) is 0. The predicted octanol–water partition coefficient (Wildman–Crippen LogP) is 2.60. The van der Waals surface area contributed by atoms with E-state index in [0.717, 1.165) is 18.2 Å². The van der Waals surface area contributed by atoms with Crippen molar-refractivity contribution >= 4 is 19.9 Å². The Labute approximate surface area is 87.4 Å². The fourth-order valence-electron chi connectivity index (χ4n) is 0.846. The van der Waals surface area contributed by atoms with E-state index in [4.69, 9.17) is 4.55 Å². The van der Waals surface area contributed by atoms with Crippen LogP contribution in [0.5, 0.6) is 0 Å². The van der Waals surface area contributed by atoms with E-state index in [2.05, 4.69) is 0 Å². The lowest BCUT2D eigenvalue weighted by atomic mass is 10.2. The Kier molecular flexibility index (Phi) is 3.31. The van der Waals surface area contributed by atoms with E-state index in [0.29, 0.717) is 6.07 Å². The zero-order valence-corrected chi connectivity index (χ0v) is 8.66. The molecule has 1 aromatic carbocycles. The Morgan fingerprint density at radius 3 is 2.33 bits per heavy atom. The summed E-state index contributed by atoms with van der Waals surface area (Å²) in [6.07, 6.45) is -4.53. The van der Waals surface area contributed by atoms with Gasteiger partial charge in [-0.3, -0.25) is 4.55 Å². The van der Waals surface area contributed by atoms with Gasteiger partial charge in [-0.25, -0.2) is 0 Å². The van der Waals surface area contributed by atoms with Crippen LogP contribution in [0.2, 0.25) is 0 Å². The molecule has 1 N–H and O–H groups in total. The molecule has 0 unspecified atom stereocenters. The summed E-state index contributed by atoms with van der Waals surface area (Å²) in [5.74, 6) is 0. The van der Waals surface area contributed by atoms with E-state index < -0.39 is 20.9 Å². The Morgan fingerprint density at radius 1 is 1.27 bits per heavy atom. The van der Waals surface area contributed by atoms with Gasteiger partial charge in [-0.2, -0.15) is 21.6 Å². The second kappa shape index (κ2) is 4.03. The summed E-state index contributed by atoms with van der Waals surface area (Å²) in [5.41, 5.74) is -0.962. The van der Waals surface area contributed by atoms with E-state index in [1.165, 1.54) is 0 Å². The number of halogens is 3. The van der Waals surface area contributed by atoms with Crippen molar-refractivity contribution < 1.29 is 26.1 Å². The molecule has 84 valence electrons. The molecule has 1 aromatic rings. The molecule has 1 rings (SSSR count). The minimum Gasteiger partial charge on any atom is -0.277 e. The number of benzene rings is 1. The molecule has 8 heteroatoms. The maximum atomic E-state index is 12.2. The number of hydrogen-bond donors (Lipinski definition) is 1. The molecule has 0 radical (unpaired) electrons. The van der Waals surface area contributed by atoms with Gasteiger partial charge in [0.2, 0.25) is 0 Å². The predicted molar refractivity (Wildman–Crippen MR) is 48.8 cm³/mol. The highest BCUT2D eigenvalue weighted by molar-refractivity contribution is 8.69. The van der Waals surface area contributed by atoms with Crippen LogP contribution < -0.4 is 0 Å². The van der Waals surface area contributed by atoms with E-state index in [1.54, 1.807) is 0 Å². The Morgan fingerprint density at radius 2 is 1.87 bits per heavy atom. The van der Waals surface area contributed by atoms with Crippen molar-refractivity contribution in [2.45, 2.75) is 11.1 Å². The van der Waals surface area contributed by atoms with Gasteiger partial charge < -0.3 is 0 Å². The lowest BCUT2D eigenvalue weighted by Gasteiger charge is -2.07. The van der Waals surface area contributed by atoms with Crippen molar-refractivity contribution in [3.63, 3.8) is 0 Å². The highest BCUT2D eigenvalue weighted by Crippen LogP contribution is 2.32. The van der Waals surface area contributed by atoms with Gasteiger partial charge in [-0.05, 0) is 18.2 Å². The minimum absolute atomic E-state index is 0.0412. The molecular formula is C7H5F3O3S2. The molecule has 0 bridgehead atoms. The van der Waals surface area contributed by atoms with Gasteiger partial charge in [-0.1, -0.05) is 6.07 Å². The van der Waals surface area contributed by atoms with Crippen LogP contribution in [0.25, 0.3) is 0 Å². The van der Waals surface area contributed by atoms with Crippen LogP contribution in [0, 0.1) is 0 Å². The van der Waals surface area contributed by atoms with E-state index in [9.17, 15) is 21.6 Å². The average Bonchev–Trinajstić information content (AvgIpc) is 1.99. The van der Waals surface area contributed by atoms with Crippen LogP contribution in [0.1, 0.15) is 5.56 Å². The van der Waals surface area contributed by atoms with Gasteiger partial charge in [0.25, 0.3) is 0 Å². The highest BCUT2D eigenvalue weighted by atomic mass is 33.1. The Hall–Kier alpha value is -0.730. The second-order valence-electron chi connectivity index (χ2n) is 2.54. The number of rotatable bonds is 2.